The van der Waals surface area contributed by atoms with Crippen molar-refractivity contribution in [2.24, 2.45) is 5.73 Å². The number of hydrogen-bond acceptors (Lipinski definition) is 3. The largest absolute Gasteiger partial charge is 0.479 e. The average molecular weight is 333 g/mol. The molecule has 6 heteroatoms. The molecule has 0 radical (unpaired) electrons. The second-order valence-corrected chi connectivity index (χ2v) is 5.35. The minimum Gasteiger partial charge on any atom is -0.479 e. The highest BCUT2D eigenvalue weighted by Crippen LogP contribution is 2.24. The van der Waals surface area contributed by atoms with Crippen molar-refractivity contribution in [3.8, 4) is 5.75 Å². The van der Waals surface area contributed by atoms with Gasteiger partial charge in [0, 0.05) is 0 Å². The fourth-order valence-electron chi connectivity index (χ4n) is 2.01. The van der Waals surface area contributed by atoms with E-state index in [1.807, 2.05) is 6.07 Å². The molecule has 0 aliphatic rings. The molecule has 2 unspecified atom stereocenters. The standard InChI is InChI=1S/C17H17ClN2O3/c1-11(23-14-10-6-5-9-13(14)18)17(22)20-15(16(19)21)12-7-3-2-4-8-12/h2-11,15H,1H3,(H2,19,21)(H,20,22). The molecule has 3 N–H and O–H groups in total. The summed E-state index contributed by atoms with van der Waals surface area (Å²) in [5, 5.41) is 2.99. The van der Waals surface area contributed by atoms with Crippen molar-refractivity contribution in [3.05, 3.63) is 65.2 Å². The summed E-state index contributed by atoms with van der Waals surface area (Å²) in [7, 11) is 0. The predicted molar refractivity (Wildman–Crippen MR) is 88.1 cm³/mol. The summed E-state index contributed by atoms with van der Waals surface area (Å²) in [6.45, 7) is 1.57. The van der Waals surface area contributed by atoms with Gasteiger partial charge >= 0.3 is 0 Å². The van der Waals surface area contributed by atoms with E-state index in [1.54, 1.807) is 55.5 Å². The highest BCUT2D eigenvalue weighted by molar-refractivity contribution is 6.32. The van der Waals surface area contributed by atoms with Crippen LogP contribution in [0.15, 0.2) is 54.6 Å². The summed E-state index contributed by atoms with van der Waals surface area (Å²) in [5.41, 5.74) is 5.99. The lowest BCUT2D eigenvalue weighted by Crippen LogP contribution is -2.43. The molecule has 0 aromatic heterocycles. The number of hydrogen-bond donors (Lipinski definition) is 2. The van der Waals surface area contributed by atoms with Gasteiger partial charge in [0.25, 0.3) is 5.91 Å². The number of nitrogens with one attached hydrogen (secondary N) is 1. The highest BCUT2D eigenvalue weighted by atomic mass is 35.5. The number of para-hydroxylation sites is 1. The van der Waals surface area contributed by atoms with Gasteiger partial charge in [0.15, 0.2) is 6.10 Å². The molecule has 0 fully saturated rings. The van der Waals surface area contributed by atoms with Crippen LogP contribution < -0.4 is 15.8 Å². The van der Waals surface area contributed by atoms with Crippen molar-refractivity contribution in [2.45, 2.75) is 19.1 Å². The Morgan fingerprint density at radius 3 is 2.30 bits per heavy atom. The summed E-state index contributed by atoms with van der Waals surface area (Å²) in [6, 6.07) is 14.7. The van der Waals surface area contributed by atoms with Crippen molar-refractivity contribution in [1.82, 2.24) is 5.32 Å². The molecule has 120 valence electrons. The molecule has 5 nitrogen and oxygen atoms in total. The lowest BCUT2D eigenvalue weighted by atomic mass is 10.1. The van der Waals surface area contributed by atoms with Gasteiger partial charge in [-0.1, -0.05) is 54.1 Å². The number of halogens is 1. The van der Waals surface area contributed by atoms with Gasteiger partial charge in [-0.3, -0.25) is 9.59 Å². The molecule has 2 aromatic carbocycles. The van der Waals surface area contributed by atoms with E-state index >= 15 is 0 Å². The Hall–Kier alpha value is -2.53. The van der Waals surface area contributed by atoms with Crippen LogP contribution in [0, 0.1) is 0 Å². The van der Waals surface area contributed by atoms with E-state index in [4.69, 9.17) is 22.1 Å². The van der Waals surface area contributed by atoms with Gasteiger partial charge < -0.3 is 15.8 Å². The molecular formula is C17H17ClN2O3. The molecule has 0 saturated heterocycles. The third kappa shape index (κ3) is 4.47. The third-order valence-electron chi connectivity index (χ3n) is 3.21. The number of carbonyl (C=O) groups excluding carboxylic acids is 2. The average Bonchev–Trinajstić information content (AvgIpc) is 2.55. The predicted octanol–water partition coefficient (Wildman–Crippen LogP) is 2.45. The monoisotopic (exact) mass is 332 g/mol. The molecule has 0 saturated carbocycles. The van der Waals surface area contributed by atoms with Crippen LogP contribution >= 0.6 is 11.6 Å². The number of primary amides is 1. The lowest BCUT2D eigenvalue weighted by Gasteiger charge is -2.20. The fraction of sp³-hybridized carbons (Fsp3) is 0.176. The summed E-state index contributed by atoms with van der Waals surface area (Å²) < 4.78 is 5.53. The molecule has 2 aromatic rings. The van der Waals surface area contributed by atoms with Gasteiger partial charge in [0.2, 0.25) is 5.91 Å². The van der Waals surface area contributed by atoms with Gasteiger partial charge in [-0.15, -0.1) is 0 Å². The summed E-state index contributed by atoms with van der Waals surface area (Å²) in [5.74, 6) is -0.709. The molecule has 0 aliphatic carbocycles. The third-order valence-corrected chi connectivity index (χ3v) is 3.53. The molecule has 2 amide bonds. The number of carbonyl (C=O) groups is 2. The number of benzene rings is 2. The minimum atomic E-state index is -0.916. The fourth-order valence-corrected chi connectivity index (χ4v) is 2.19. The number of ether oxygens (including phenoxy) is 1. The van der Waals surface area contributed by atoms with Crippen LogP contribution in [0.5, 0.6) is 5.75 Å². The zero-order valence-electron chi connectivity index (χ0n) is 12.5. The maximum atomic E-state index is 12.3. The molecule has 23 heavy (non-hydrogen) atoms. The van der Waals surface area contributed by atoms with Gasteiger partial charge in [0.05, 0.1) is 5.02 Å². The highest BCUT2D eigenvalue weighted by Gasteiger charge is 2.24. The van der Waals surface area contributed by atoms with Crippen LogP contribution in [-0.2, 0) is 9.59 Å². The van der Waals surface area contributed by atoms with E-state index in [2.05, 4.69) is 5.32 Å². The Bertz CT molecular complexity index is 691. The maximum absolute atomic E-state index is 12.3. The SMILES string of the molecule is CC(Oc1ccccc1Cl)C(=O)NC(C(N)=O)c1ccccc1. The van der Waals surface area contributed by atoms with Crippen molar-refractivity contribution in [1.29, 1.82) is 0 Å². The maximum Gasteiger partial charge on any atom is 0.261 e. The van der Waals surface area contributed by atoms with E-state index in [-0.39, 0.29) is 0 Å². The van der Waals surface area contributed by atoms with Crippen LogP contribution in [0.4, 0.5) is 0 Å². The molecular weight excluding hydrogens is 316 g/mol. The first-order valence-electron chi connectivity index (χ1n) is 7.05. The molecule has 2 atom stereocenters. The van der Waals surface area contributed by atoms with Crippen molar-refractivity contribution >= 4 is 23.4 Å². The quantitative estimate of drug-likeness (QED) is 0.852. The number of nitrogens with two attached hydrogens (primary N) is 1. The lowest BCUT2D eigenvalue weighted by molar-refractivity contribution is -0.131. The summed E-state index contributed by atoms with van der Waals surface area (Å²) >= 11 is 5.99. The van der Waals surface area contributed by atoms with E-state index < -0.39 is 24.0 Å². The van der Waals surface area contributed by atoms with Crippen LogP contribution in [0.1, 0.15) is 18.5 Å². The van der Waals surface area contributed by atoms with E-state index in [0.717, 1.165) is 0 Å². The second kappa shape index (κ2) is 7.65. The molecule has 0 bridgehead atoms. The van der Waals surface area contributed by atoms with Gasteiger partial charge in [-0.25, -0.2) is 0 Å². The van der Waals surface area contributed by atoms with Crippen molar-refractivity contribution < 1.29 is 14.3 Å². The number of rotatable bonds is 6. The van der Waals surface area contributed by atoms with Crippen molar-refractivity contribution in [3.63, 3.8) is 0 Å². The molecule has 2 rings (SSSR count). The number of amides is 2. The molecule has 0 spiro atoms. The van der Waals surface area contributed by atoms with Crippen LogP contribution in [0.3, 0.4) is 0 Å². The summed E-state index contributed by atoms with van der Waals surface area (Å²) in [6.07, 6.45) is -0.833. The van der Waals surface area contributed by atoms with E-state index in [9.17, 15) is 9.59 Å². The smallest absolute Gasteiger partial charge is 0.261 e. The molecule has 0 aliphatic heterocycles. The Morgan fingerprint density at radius 2 is 1.70 bits per heavy atom. The Balaban J connectivity index is 2.07. The van der Waals surface area contributed by atoms with Gasteiger partial charge in [-0.05, 0) is 24.6 Å². The first-order valence-corrected chi connectivity index (χ1v) is 7.42. The van der Waals surface area contributed by atoms with Gasteiger partial charge in [0.1, 0.15) is 11.8 Å². The van der Waals surface area contributed by atoms with Crippen LogP contribution in [0.2, 0.25) is 5.02 Å². The van der Waals surface area contributed by atoms with Crippen molar-refractivity contribution in [2.75, 3.05) is 0 Å². The van der Waals surface area contributed by atoms with Crippen LogP contribution in [0.25, 0.3) is 0 Å². The first kappa shape index (κ1) is 16.8. The Labute approximate surface area is 139 Å². The summed E-state index contributed by atoms with van der Waals surface area (Å²) in [4.78, 5) is 23.9. The zero-order valence-corrected chi connectivity index (χ0v) is 13.3. The Kier molecular flexibility index (Phi) is 5.60. The minimum absolute atomic E-state index is 0.396. The normalized spacial score (nSPS) is 13.0. The van der Waals surface area contributed by atoms with Gasteiger partial charge in [-0.2, -0.15) is 0 Å². The Morgan fingerprint density at radius 1 is 1.09 bits per heavy atom. The van der Waals surface area contributed by atoms with E-state index in [1.165, 1.54) is 0 Å². The first-order chi connectivity index (χ1) is 11.0. The molecule has 0 heterocycles. The topological polar surface area (TPSA) is 81.4 Å². The van der Waals surface area contributed by atoms with E-state index in [0.29, 0.717) is 16.3 Å². The zero-order chi connectivity index (χ0) is 16.8. The van der Waals surface area contributed by atoms with Crippen LogP contribution in [-0.4, -0.2) is 17.9 Å². The second-order valence-electron chi connectivity index (χ2n) is 4.95.